The van der Waals surface area contributed by atoms with Crippen molar-refractivity contribution in [3.8, 4) is 0 Å². The third kappa shape index (κ3) is 0.932. The Balaban J connectivity index is 2.04. The zero-order valence-corrected chi connectivity index (χ0v) is 7.67. The van der Waals surface area contributed by atoms with Crippen LogP contribution in [0, 0.1) is 17.8 Å². The molecule has 1 fully saturated rings. The summed E-state index contributed by atoms with van der Waals surface area (Å²) < 4.78 is 5.24. The summed E-state index contributed by atoms with van der Waals surface area (Å²) in [5.41, 5.74) is 0. The molecule has 3 aliphatic rings. The lowest BCUT2D eigenvalue weighted by atomic mass is 9.69. The number of aliphatic hydroxyl groups excluding tert-OH is 1. The average Bonchev–Trinajstić information content (AvgIpc) is 2.52. The summed E-state index contributed by atoms with van der Waals surface area (Å²) in [5, 5.41) is 9.77. The largest absolute Gasteiger partial charge is 0.457 e. The highest BCUT2D eigenvalue weighted by Crippen LogP contribution is 2.44. The van der Waals surface area contributed by atoms with Crippen LogP contribution in [0.3, 0.4) is 0 Å². The molecule has 0 amide bonds. The van der Waals surface area contributed by atoms with E-state index in [0.717, 1.165) is 6.42 Å². The fourth-order valence-electron chi connectivity index (χ4n) is 2.81. The molecular weight excluding hydrogens is 180 g/mol. The standard InChI is InChI=1S/C11H12O3/c12-8-4-5-9-10-6(8)2-1-3-7(10)11(13)14-9/h1,3-10,12H,2H2/t6-,7-,8-,9+,10+/m1/s1. The normalized spacial score (nSPS) is 48.9. The van der Waals surface area contributed by atoms with Gasteiger partial charge in [-0.15, -0.1) is 0 Å². The van der Waals surface area contributed by atoms with Gasteiger partial charge in [0.2, 0.25) is 0 Å². The van der Waals surface area contributed by atoms with E-state index in [9.17, 15) is 9.90 Å². The molecule has 14 heavy (non-hydrogen) atoms. The maximum Gasteiger partial charge on any atom is 0.313 e. The van der Waals surface area contributed by atoms with E-state index in [1.165, 1.54) is 0 Å². The van der Waals surface area contributed by atoms with Crippen molar-refractivity contribution in [3.05, 3.63) is 24.3 Å². The van der Waals surface area contributed by atoms with Gasteiger partial charge in [0, 0.05) is 5.92 Å². The summed E-state index contributed by atoms with van der Waals surface area (Å²) in [6.07, 6.45) is 7.81. The molecule has 0 aromatic carbocycles. The van der Waals surface area contributed by atoms with E-state index >= 15 is 0 Å². The van der Waals surface area contributed by atoms with Crippen molar-refractivity contribution in [1.82, 2.24) is 0 Å². The summed E-state index contributed by atoms with van der Waals surface area (Å²) >= 11 is 0. The van der Waals surface area contributed by atoms with Gasteiger partial charge in [-0.05, 0) is 18.4 Å². The first-order valence-corrected chi connectivity index (χ1v) is 5.01. The summed E-state index contributed by atoms with van der Waals surface area (Å²) in [4.78, 5) is 11.5. The van der Waals surface area contributed by atoms with Crippen molar-refractivity contribution in [2.75, 3.05) is 0 Å². The molecule has 1 N–H and O–H groups in total. The molecule has 0 unspecified atom stereocenters. The topological polar surface area (TPSA) is 46.5 Å². The lowest BCUT2D eigenvalue weighted by Crippen LogP contribution is -2.39. The van der Waals surface area contributed by atoms with Crippen molar-refractivity contribution < 1.29 is 14.6 Å². The van der Waals surface area contributed by atoms with Crippen LogP contribution >= 0.6 is 0 Å². The molecule has 3 heteroatoms. The summed E-state index contributed by atoms with van der Waals surface area (Å²) in [6, 6.07) is 0. The van der Waals surface area contributed by atoms with Crippen LogP contribution in [0.5, 0.6) is 0 Å². The van der Waals surface area contributed by atoms with Crippen LogP contribution in [0.15, 0.2) is 24.3 Å². The van der Waals surface area contributed by atoms with Gasteiger partial charge >= 0.3 is 5.97 Å². The van der Waals surface area contributed by atoms with Crippen LogP contribution in [0.2, 0.25) is 0 Å². The van der Waals surface area contributed by atoms with Crippen LogP contribution < -0.4 is 0 Å². The Bertz CT molecular complexity index is 331. The molecule has 0 aromatic rings. The van der Waals surface area contributed by atoms with Gasteiger partial charge in [0.1, 0.15) is 6.10 Å². The van der Waals surface area contributed by atoms with Crippen molar-refractivity contribution in [3.63, 3.8) is 0 Å². The Morgan fingerprint density at radius 1 is 1.36 bits per heavy atom. The third-order valence-corrected chi connectivity index (χ3v) is 3.50. The van der Waals surface area contributed by atoms with E-state index in [1.807, 2.05) is 18.2 Å². The molecule has 1 saturated heterocycles. The molecule has 74 valence electrons. The minimum atomic E-state index is -0.418. The zero-order valence-electron chi connectivity index (χ0n) is 7.67. The number of aliphatic hydroxyl groups is 1. The number of rotatable bonds is 0. The van der Waals surface area contributed by atoms with E-state index < -0.39 is 6.10 Å². The molecule has 1 aliphatic heterocycles. The monoisotopic (exact) mass is 192 g/mol. The fourth-order valence-corrected chi connectivity index (χ4v) is 2.81. The first-order valence-electron chi connectivity index (χ1n) is 5.01. The molecule has 3 nitrogen and oxygen atoms in total. The van der Waals surface area contributed by atoms with Crippen LogP contribution in [-0.2, 0) is 9.53 Å². The van der Waals surface area contributed by atoms with Gasteiger partial charge in [-0.1, -0.05) is 18.2 Å². The Kier molecular flexibility index (Phi) is 1.59. The number of allylic oxidation sites excluding steroid dienone is 1. The average molecular weight is 192 g/mol. The van der Waals surface area contributed by atoms with Crippen molar-refractivity contribution in [2.45, 2.75) is 18.6 Å². The number of esters is 1. The number of hydrogen-bond donors (Lipinski definition) is 1. The predicted molar refractivity (Wildman–Crippen MR) is 49.3 cm³/mol. The number of hydrogen-bond acceptors (Lipinski definition) is 3. The Labute approximate surface area is 82.1 Å². The van der Waals surface area contributed by atoms with E-state index in [4.69, 9.17) is 4.74 Å². The molecular formula is C11H12O3. The minimum Gasteiger partial charge on any atom is -0.457 e. The number of ether oxygens (including phenoxy) is 1. The number of carbonyl (C=O) groups is 1. The van der Waals surface area contributed by atoms with E-state index in [1.54, 1.807) is 6.08 Å². The lowest BCUT2D eigenvalue weighted by molar-refractivity contribution is -0.142. The van der Waals surface area contributed by atoms with Gasteiger partial charge in [0.25, 0.3) is 0 Å². The lowest BCUT2D eigenvalue weighted by Gasteiger charge is -2.35. The van der Waals surface area contributed by atoms with Gasteiger partial charge in [0.05, 0.1) is 12.0 Å². The fraction of sp³-hybridized carbons (Fsp3) is 0.545. The summed E-state index contributed by atoms with van der Waals surface area (Å²) in [5.74, 6) is 0.0528. The van der Waals surface area contributed by atoms with Gasteiger partial charge in [0.15, 0.2) is 0 Å². The van der Waals surface area contributed by atoms with E-state index in [0.29, 0.717) is 0 Å². The van der Waals surface area contributed by atoms with Crippen molar-refractivity contribution in [2.24, 2.45) is 17.8 Å². The van der Waals surface area contributed by atoms with Gasteiger partial charge in [-0.2, -0.15) is 0 Å². The Morgan fingerprint density at radius 3 is 3.07 bits per heavy atom. The molecule has 0 spiro atoms. The third-order valence-electron chi connectivity index (χ3n) is 3.50. The highest BCUT2D eigenvalue weighted by atomic mass is 16.6. The molecule has 2 aliphatic carbocycles. The molecule has 5 atom stereocenters. The first kappa shape index (κ1) is 8.24. The van der Waals surface area contributed by atoms with E-state index in [-0.39, 0.29) is 29.8 Å². The molecule has 0 bridgehead atoms. The second-order valence-electron chi connectivity index (χ2n) is 4.21. The second-order valence-corrected chi connectivity index (χ2v) is 4.21. The van der Waals surface area contributed by atoms with Crippen LogP contribution in [0.25, 0.3) is 0 Å². The van der Waals surface area contributed by atoms with Crippen LogP contribution in [0.4, 0.5) is 0 Å². The van der Waals surface area contributed by atoms with Gasteiger partial charge < -0.3 is 9.84 Å². The molecule has 0 saturated carbocycles. The molecule has 0 aromatic heterocycles. The second kappa shape index (κ2) is 2.70. The van der Waals surface area contributed by atoms with Gasteiger partial charge in [-0.3, -0.25) is 4.79 Å². The van der Waals surface area contributed by atoms with Crippen molar-refractivity contribution in [1.29, 1.82) is 0 Å². The quantitative estimate of drug-likeness (QED) is 0.453. The van der Waals surface area contributed by atoms with Crippen LogP contribution in [-0.4, -0.2) is 23.3 Å². The van der Waals surface area contributed by atoms with Crippen LogP contribution in [0.1, 0.15) is 6.42 Å². The smallest absolute Gasteiger partial charge is 0.313 e. The maximum atomic E-state index is 11.5. The van der Waals surface area contributed by atoms with E-state index in [2.05, 4.69) is 0 Å². The highest BCUT2D eigenvalue weighted by molar-refractivity contribution is 5.78. The number of carbonyl (C=O) groups excluding carboxylic acids is 1. The zero-order chi connectivity index (χ0) is 9.71. The highest BCUT2D eigenvalue weighted by Gasteiger charge is 2.50. The minimum absolute atomic E-state index is 0.106. The molecule has 3 rings (SSSR count). The summed E-state index contributed by atoms with van der Waals surface area (Å²) in [7, 11) is 0. The molecule has 0 radical (unpaired) electrons. The van der Waals surface area contributed by atoms with Crippen molar-refractivity contribution >= 4 is 5.97 Å². The van der Waals surface area contributed by atoms with Gasteiger partial charge in [-0.25, -0.2) is 0 Å². The SMILES string of the molecule is O=C1O[C@H]2C=C[C@@H](O)[C@H]3CC=C[C@@H]1[C@H]32. The first-order chi connectivity index (χ1) is 6.77. The molecule has 1 heterocycles. The predicted octanol–water partition coefficient (Wildman–Crippen LogP) is 0.651. The Morgan fingerprint density at radius 2 is 2.21 bits per heavy atom. The maximum absolute atomic E-state index is 11.5. The summed E-state index contributed by atoms with van der Waals surface area (Å²) in [6.45, 7) is 0. The Hall–Kier alpha value is -1.09.